The number of rotatable bonds is 1. The number of fused-ring (bicyclic) bond motifs is 3. The Hall–Kier alpha value is 2.20. The van der Waals surface area contributed by atoms with Crippen LogP contribution in [0.4, 0.5) is 0 Å². The summed E-state index contributed by atoms with van der Waals surface area (Å²) in [6, 6.07) is 8.67. The van der Waals surface area contributed by atoms with Crippen LogP contribution in [0.5, 0.6) is 0 Å². The Kier molecular flexibility index (Phi) is 6.79. The maximum absolute atomic E-state index is 6.15. The van der Waals surface area contributed by atoms with Gasteiger partial charge in [0, 0.05) is 0 Å². The van der Waals surface area contributed by atoms with Crippen LogP contribution in [0.25, 0.3) is 0 Å². The number of hydrogen-bond donors (Lipinski definition) is 0. The van der Waals surface area contributed by atoms with Crippen molar-refractivity contribution < 1.29 is 14.0 Å². The third-order valence-corrected chi connectivity index (χ3v) is 10.1. The first-order chi connectivity index (χ1) is 11.8. The minimum atomic E-state index is -2.71. The van der Waals surface area contributed by atoms with Gasteiger partial charge < -0.3 is 14.0 Å². The summed E-state index contributed by atoms with van der Waals surface area (Å²) in [5.41, 5.74) is 0.486. The molecule has 0 saturated carbocycles. The summed E-state index contributed by atoms with van der Waals surface area (Å²) < 4.78 is 12.2. The van der Waals surface area contributed by atoms with Gasteiger partial charge in [-0.1, -0.05) is 135 Å². The van der Waals surface area contributed by atoms with Crippen molar-refractivity contribution in [3.8, 4) is 0 Å². The molecular formula is C12H8BCl9O3P-. The van der Waals surface area contributed by atoms with Crippen molar-refractivity contribution in [2.45, 2.75) is 28.9 Å². The quantitative estimate of drug-likeness (QED) is 0.223. The van der Waals surface area contributed by atoms with Gasteiger partial charge in [0.15, 0.2) is 0 Å². The number of hydrogen-bond acceptors (Lipinski definition) is 3. The van der Waals surface area contributed by atoms with E-state index in [-0.39, 0.29) is 0 Å². The second-order valence-electron chi connectivity index (χ2n) is 5.59. The first-order valence-electron chi connectivity index (χ1n) is 6.96. The van der Waals surface area contributed by atoms with Crippen LogP contribution in [-0.2, 0) is 14.0 Å². The molecule has 0 amide bonds. The van der Waals surface area contributed by atoms with Crippen LogP contribution in [0, 0.1) is 0 Å². The molecule has 1 aromatic rings. The molecular weight excluding hydrogens is 553 g/mol. The predicted octanol–water partition coefficient (Wildman–Crippen LogP) is 6.48. The highest BCUT2D eigenvalue weighted by molar-refractivity contribution is 7.61. The molecule has 3 saturated heterocycles. The van der Waals surface area contributed by atoms with Crippen LogP contribution in [0.2, 0.25) is 0 Å². The summed E-state index contributed by atoms with van der Waals surface area (Å²) >= 11 is 55.3. The van der Waals surface area contributed by atoms with Crippen molar-refractivity contribution in [1.29, 1.82) is 0 Å². The van der Waals surface area contributed by atoms with Gasteiger partial charge in [-0.15, -0.1) is 5.46 Å². The summed E-state index contributed by atoms with van der Waals surface area (Å²) in [6.45, 7) is -2.71. The summed E-state index contributed by atoms with van der Waals surface area (Å²) in [7, 11) is -1.82. The highest BCUT2D eigenvalue weighted by Crippen LogP contribution is 2.72. The molecule has 0 N–H and O–H groups in total. The third kappa shape index (κ3) is 4.44. The van der Waals surface area contributed by atoms with Gasteiger partial charge in [-0.05, 0) is 7.92 Å². The van der Waals surface area contributed by atoms with E-state index in [0.29, 0.717) is 5.46 Å². The van der Waals surface area contributed by atoms with Gasteiger partial charge in [0.1, 0.15) is 0 Å². The molecule has 0 unspecified atom stereocenters. The average Bonchev–Trinajstić information content (AvgIpc) is 2.53. The Morgan fingerprint density at radius 1 is 0.654 bits per heavy atom. The van der Waals surface area contributed by atoms with Crippen molar-refractivity contribution in [2.24, 2.45) is 0 Å². The second-order valence-corrected chi connectivity index (χ2v) is 15.0. The molecule has 0 spiro atoms. The third-order valence-electron chi connectivity index (χ3n) is 3.78. The highest BCUT2D eigenvalue weighted by atomic mass is 35.6. The predicted molar refractivity (Wildman–Crippen MR) is 114 cm³/mol. The minimum absolute atomic E-state index is 0.486. The van der Waals surface area contributed by atoms with Gasteiger partial charge >= 0.3 is 6.75 Å². The first-order valence-corrected chi connectivity index (χ1v) is 11.9. The maximum atomic E-state index is 6.15. The van der Waals surface area contributed by atoms with Crippen LogP contribution in [-0.4, -0.2) is 35.7 Å². The lowest BCUT2D eigenvalue weighted by atomic mass is 9.68. The molecule has 2 bridgehead atoms. The largest absolute Gasteiger partial charge is 0.532 e. The molecule has 0 radical (unpaired) electrons. The van der Waals surface area contributed by atoms with E-state index in [2.05, 4.69) is 0 Å². The molecule has 14 heteroatoms. The lowest BCUT2D eigenvalue weighted by Gasteiger charge is -2.66. The normalized spacial score (nSPS) is 35.6. The minimum Gasteiger partial charge on any atom is -0.532 e. The molecule has 3 nitrogen and oxygen atoms in total. The van der Waals surface area contributed by atoms with Gasteiger partial charge in [-0.3, -0.25) is 0 Å². The molecule has 0 aromatic heterocycles. The zero-order chi connectivity index (χ0) is 19.5. The lowest BCUT2D eigenvalue weighted by Crippen LogP contribution is -2.72. The summed E-state index contributed by atoms with van der Waals surface area (Å²) in [5, 5.41) is 0. The average molecular weight is 561 g/mol. The van der Waals surface area contributed by atoms with E-state index in [0.717, 1.165) is 0 Å². The topological polar surface area (TPSA) is 27.7 Å². The molecule has 3 atom stereocenters. The Balaban J connectivity index is 2.19. The molecule has 3 aliphatic heterocycles. The Labute approximate surface area is 196 Å². The smallest absolute Gasteiger partial charge is 0.411 e. The SMILES string of the molecule is ClC(Cl)(Cl)[C@@H]1O[B-]2(c3ccccc3)O[C@H](C(Cl)(Cl)Cl)P1[C@@H](C(Cl)(Cl)Cl)O2. The second kappa shape index (κ2) is 7.72. The van der Waals surface area contributed by atoms with E-state index in [4.69, 9.17) is 118 Å². The monoisotopic (exact) mass is 557 g/mol. The van der Waals surface area contributed by atoms with Crippen molar-refractivity contribution in [3.05, 3.63) is 30.3 Å². The lowest BCUT2D eigenvalue weighted by molar-refractivity contribution is -0.00143. The zero-order valence-electron chi connectivity index (χ0n) is 12.3. The van der Waals surface area contributed by atoms with E-state index in [1.54, 1.807) is 30.3 Å². The van der Waals surface area contributed by atoms with Gasteiger partial charge in [0.05, 0.1) is 17.5 Å². The number of benzene rings is 1. The first kappa shape index (κ1) is 22.9. The zero-order valence-corrected chi connectivity index (χ0v) is 20.0. The summed E-state index contributed by atoms with van der Waals surface area (Å²) in [5.74, 6) is -3.19. The standard InChI is InChI=1S/C12H8BCl9O3P/c14-10(15,16)7-23-13(6-4-2-1-3-5-6)24-8(11(17,18)19)26(7)9(25-13)12(20,21)22/h1-5,7-9H/q-1/t7-,8-,9+,13?,26?/m0/s1. The van der Waals surface area contributed by atoms with Gasteiger partial charge in [0.2, 0.25) is 11.4 Å². The van der Waals surface area contributed by atoms with Crippen molar-refractivity contribution >= 4 is 125 Å². The highest BCUT2D eigenvalue weighted by Gasteiger charge is 2.66. The molecule has 146 valence electrons. The molecule has 3 fully saturated rings. The molecule has 3 aliphatic rings. The fourth-order valence-electron chi connectivity index (χ4n) is 2.85. The van der Waals surface area contributed by atoms with Crippen LogP contribution in [0.3, 0.4) is 0 Å². The van der Waals surface area contributed by atoms with Crippen LogP contribution >= 0.6 is 112 Å². The number of halogens is 9. The van der Waals surface area contributed by atoms with Gasteiger partial charge in [-0.2, -0.15) is 0 Å². The van der Waals surface area contributed by atoms with Crippen LogP contribution in [0.1, 0.15) is 0 Å². The molecule has 4 rings (SSSR count). The van der Waals surface area contributed by atoms with Crippen molar-refractivity contribution in [2.75, 3.05) is 0 Å². The maximum Gasteiger partial charge on any atom is 0.411 e. The van der Waals surface area contributed by atoms with Crippen LogP contribution in [0.15, 0.2) is 30.3 Å². The fourth-order valence-corrected chi connectivity index (χ4v) is 9.01. The van der Waals surface area contributed by atoms with Gasteiger partial charge in [-0.25, -0.2) is 0 Å². The van der Waals surface area contributed by atoms with Crippen molar-refractivity contribution in [3.63, 3.8) is 0 Å². The van der Waals surface area contributed by atoms with Gasteiger partial charge in [0.25, 0.3) is 0 Å². The van der Waals surface area contributed by atoms with E-state index in [9.17, 15) is 0 Å². The van der Waals surface area contributed by atoms with E-state index in [1.165, 1.54) is 0 Å². The Bertz CT molecular complexity index is 603. The summed E-state index contributed by atoms with van der Waals surface area (Å²) in [6.07, 6.45) is 0. The molecule has 0 aliphatic carbocycles. The van der Waals surface area contributed by atoms with E-state index >= 15 is 0 Å². The molecule has 1 aromatic carbocycles. The Morgan fingerprint density at radius 2 is 1.00 bits per heavy atom. The van der Waals surface area contributed by atoms with E-state index in [1.807, 2.05) is 0 Å². The number of alkyl halides is 9. The van der Waals surface area contributed by atoms with Crippen LogP contribution < -0.4 is 5.46 Å². The van der Waals surface area contributed by atoms with E-state index < -0.39 is 43.6 Å². The van der Waals surface area contributed by atoms with Crippen molar-refractivity contribution in [1.82, 2.24) is 0 Å². The molecule has 3 heterocycles. The Morgan fingerprint density at radius 3 is 1.31 bits per heavy atom. The molecule has 26 heavy (non-hydrogen) atoms. The fraction of sp³-hybridized carbons (Fsp3) is 0.500. The summed E-state index contributed by atoms with van der Waals surface area (Å²) in [4.78, 5) is 0.